The Morgan fingerprint density at radius 3 is 1.16 bits per heavy atom. The van der Waals surface area contributed by atoms with Crippen molar-refractivity contribution in [2.24, 2.45) is 0 Å². The molecule has 0 aliphatic heterocycles. The van der Waals surface area contributed by atoms with Gasteiger partial charge in [-0.15, -0.1) is 0 Å². The van der Waals surface area contributed by atoms with Crippen LogP contribution in [0.25, 0.3) is 0 Å². The molecular formula is C18H18N4O3. The predicted molar refractivity (Wildman–Crippen MR) is 94.1 cm³/mol. The summed E-state index contributed by atoms with van der Waals surface area (Å²) in [6, 6.07) is 14.9. The Morgan fingerprint density at radius 1 is 0.560 bits per heavy atom. The number of H-pyrrole nitrogens is 3. The van der Waals surface area contributed by atoms with E-state index in [1.807, 2.05) is 23.1 Å². The first kappa shape index (κ1) is 16.7. The SMILES string of the molecule is O=c1cccc(CN(Cc2cccc(=O)[nH]2)Cc2cccc(=O)[nH]2)[nH]1. The van der Waals surface area contributed by atoms with Crippen LogP contribution in [0.5, 0.6) is 0 Å². The van der Waals surface area contributed by atoms with E-state index in [0.717, 1.165) is 17.1 Å². The highest BCUT2D eigenvalue weighted by molar-refractivity contribution is 5.09. The van der Waals surface area contributed by atoms with Crippen molar-refractivity contribution in [2.75, 3.05) is 0 Å². The summed E-state index contributed by atoms with van der Waals surface area (Å²) < 4.78 is 0. The van der Waals surface area contributed by atoms with Gasteiger partial charge in [-0.05, 0) is 18.2 Å². The number of rotatable bonds is 6. The van der Waals surface area contributed by atoms with Gasteiger partial charge in [0.25, 0.3) is 0 Å². The maximum absolute atomic E-state index is 11.5. The third-order valence-electron chi connectivity index (χ3n) is 3.67. The Balaban J connectivity index is 1.85. The molecule has 0 spiro atoms. The number of hydrogen-bond donors (Lipinski definition) is 3. The van der Waals surface area contributed by atoms with Crippen LogP contribution >= 0.6 is 0 Å². The van der Waals surface area contributed by atoms with Crippen LogP contribution in [0.4, 0.5) is 0 Å². The maximum Gasteiger partial charge on any atom is 0.248 e. The second-order valence-electron chi connectivity index (χ2n) is 5.77. The van der Waals surface area contributed by atoms with E-state index in [1.54, 1.807) is 18.2 Å². The second-order valence-corrected chi connectivity index (χ2v) is 5.77. The smallest absolute Gasteiger partial charge is 0.248 e. The Hall–Kier alpha value is -3.19. The molecule has 3 aromatic rings. The van der Waals surface area contributed by atoms with E-state index in [4.69, 9.17) is 0 Å². The van der Waals surface area contributed by atoms with Crippen molar-refractivity contribution in [3.05, 3.63) is 103 Å². The average Bonchev–Trinajstić information content (AvgIpc) is 2.55. The molecule has 0 bridgehead atoms. The maximum atomic E-state index is 11.5. The number of hydrogen-bond acceptors (Lipinski definition) is 4. The largest absolute Gasteiger partial charge is 0.325 e. The normalized spacial score (nSPS) is 10.9. The van der Waals surface area contributed by atoms with Gasteiger partial charge in [0.2, 0.25) is 16.7 Å². The molecule has 7 heteroatoms. The molecule has 3 rings (SSSR count). The molecule has 3 N–H and O–H groups in total. The fraction of sp³-hybridized carbons (Fsp3) is 0.167. The molecule has 0 aliphatic rings. The summed E-state index contributed by atoms with van der Waals surface area (Å²) in [6.45, 7) is 1.39. The number of aromatic amines is 3. The fourth-order valence-electron chi connectivity index (χ4n) is 2.65. The quantitative estimate of drug-likeness (QED) is 0.623. The molecule has 25 heavy (non-hydrogen) atoms. The van der Waals surface area contributed by atoms with Crippen LogP contribution in [0, 0.1) is 0 Å². The van der Waals surface area contributed by atoms with Crippen LogP contribution in [0.3, 0.4) is 0 Å². The summed E-state index contributed by atoms with van der Waals surface area (Å²) in [7, 11) is 0. The number of aromatic nitrogens is 3. The Morgan fingerprint density at radius 2 is 0.880 bits per heavy atom. The summed E-state index contributed by atoms with van der Waals surface area (Å²) in [6.07, 6.45) is 0. The first-order valence-electron chi connectivity index (χ1n) is 7.85. The zero-order valence-corrected chi connectivity index (χ0v) is 13.5. The first-order chi connectivity index (χ1) is 12.1. The summed E-state index contributed by atoms with van der Waals surface area (Å²) in [5, 5.41) is 0. The van der Waals surface area contributed by atoms with Crippen molar-refractivity contribution in [2.45, 2.75) is 19.6 Å². The van der Waals surface area contributed by atoms with Gasteiger partial charge in [-0.3, -0.25) is 19.3 Å². The Kier molecular flexibility index (Phi) is 5.06. The van der Waals surface area contributed by atoms with Gasteiger partial charge in [0.15, 0.2) is 0 Å². The lowest BCUT2D eigenvalue weighted by Gasteiger charge is -2.22. The predicted octanol–water partition coefficient (Wildman–Crippen LogP) is 0.954. The van der Waals surface area contributed by atoms with Crippen LogP contribution in [-0.4, -0.2) is 19.9 Å². The summed E-state index contributed by atoms with van der Waals surface area (Å²) in [4.78, 5) is 44.9. The summed E-state index contributed by atoms with van der Waals surface area (Å²) in [5.41, 5.74) is 1.76. The molecule has 0 amide bonds. The molecule has 3 aromatic heterocycles. The van der Waals surface area contributed by atoms with E-state index in [1.165, 1.54) is 18.2 Å². The van der Waals surface area contributed by atoms with Crippen molar-refractivity contribution >= 4 is 0 Å². The van der Waals surface area contributed by atoms with Gasteiger partial charge < -0.3 is 15.0 Å². The topological polar surface area (TPSA) is 102 Å². The van der Waals surface area contributed by atoms with Gasteiger partial charge in [-0.25, -0.2) is 0 Å². The van der Waals surface area contributed by atoms with Crippen molar-refractivity contribution in [1.29, 1.82) is 0 Å². The second kappa shape index (κ2) is 7.59. The zero-order valence-electron chi connectivity index (χ0n) is 13.5. The number of nitrogens with zero attached hydrogens (tertiary/aromatic N) is 1. The molecule has 0 aromatic carbocycles. The van der Waals surface area contributed by atoms with E-state index in [9.17, 15) is 14.4 Å². The molecule has 7 nitrogen and oxygen atoms in total. The minimum Gasteiger partial charge on any atom is -0.325 e. The van der Waals surface area contributed by atoms with Crippen LogP contribution < -0.4 is 16.7 Å². The number of nitrogens with one attached hydrogen (secondary N) is 3. The first-order valence-corrected chi connectivity index (χ1v) is 7.85. The highest BCUT2D eigenvalue weighted by Gasteiger charge is 2.10. The lowest BCUT2D eigenvalue weighted by Crippen LogP contribution is -2.26. The summed E-state index contributed by atoms with van der Waals surface area (Å²) >= 11 is 0. The van der Waals surface area contributed by atoms with Crippen molar-refractivity contribution in [3.63, 3.8) is 0 Å². The lowest BCUT2D eigenvalue weighted by molar-refractivity contribution is 0.238. The van der Waals surface area contributed by atoms with Gasteiger partial charge in [-0.2, -0.15) is 0 Å². The monoisotopic (exact) mass is 338 g/mol. The molecular weight excluding hydrogens is 320 g/mol. The molecule has 0 unspecified atom stereocenters. The zero-order chi connectivity index (χ0) is 17.6. The molecule has 0 atom stereocenters. The van der Waals surface area contributed by atoms with Crippen molar-refractivity contribution in [3.8, 4) is 0 Å². The van der Waals surface area contributed by atoms with Gasteiger partial charge in [0.1, 0.15) is 0 Å². The van der Waals surface area contributed by atoms with Gasteiger partial charge in [-0.1, -0.05) is 18.2 Å². The molecule has 128 valence electrons. The van der Waals surface area contributed by atoms with Gasteiger partial charge >= 0.3 is 0 Å². The van der Waals surface area contributed by atoms with Crippen LogP contribution in [-0.2, 0) is 19.6 Å². The van der Waals surface area contributed by atoms with E-state index >= 15 is 0 Å². The Labute approximate surface area is 143 Å². The van der Waals surface area contributed by atoms with Gasteiger partial charge in [0, 0.05) is 54.9 Å². The van der Waals surface area contributed by atoms with E-state index < -0.39 is 0 Å². The third kappa shape index (κ3) is 4.89. The lowest BCUT2D eigenvalue weighted by atomic mass is 10.2. The van der Waals surface area contributed by atoms with Crippen molar-refractivity contribution in [1.82, 2.24) is 19.9 Å². The minimum absolute atomic E-state index is 0.168. The van der Waals surface area contributed by atoms with E-state index in [2.05, 4.69) is 15.0 Å². The third-order valence-corrected chi connectivity index (χ3v) is 3.67. The highest BCUT2D eigenvalue weighted by Crippen LogP contribution is 2.09. The van der Waals surface area contributed by atoms with Crippen LogP contribution in [0.15, 0.2) is 69.0 Å². The van der Waals surface area contributed by atoms with Gasteiger partial charge in [0.05, 0.1) is 0 Å². The number of pyridine rings is 3. The van der Waals surface area contributed by atoms with E-state index in [-0.39, 0.29) is 16.7 Å². The van der Waals surface area contributed by atoms with Crippen LogP contribution in [0.1, 0.15) is 17.1 Å². The average molecular weight is 338 g/mol. The van der Waals surface area contributed by atoms with Crippen molar-refractivity contribution < 1.29 is 0 Å². The summed E-state index contributed by atoms with van der Waals surface area (Å²) in [5.74, 6) is 0. The van der Waals surface area contributed by atoms with E-state index in [0.29, 0.717) is 19.6 Å². The van der Waals surface area contributed by atoms with Crippen LogP contribution in [0.2, 0.25) is 0 Å². The fourth-order valence-corrected chi connectivity index (χ4v) is 2.65. The standard InChI is InChI=1S/C18H18N4O3/c23-16-7-1-4-13(19-16)10-22(11-14-5-2-8-17(24)20-14)12-15-6-3-9-18(25)21-15/h1-9H,10-12H2,(H,19,23)(H,20,24)(H,21,25). The molecule has 0 fully saturated rings. The molecule has 0 saturated heterocycles. The minimum atomic E-state index is -0.168. The molecule has 0 aliphatic carbocycles. The Bertz CT molecular complexity index is 887. The molecule has 0 saturated carbocycles. The molecule has 0 radical (unpaired) electrons. The highest BCUT2D eigenvalue weighted by atomic mass is 16.1. The molecule has 3 heterocycles.